The van der Waals surface area contributed by atoms with E-state index in [1.54, 1.807) is 24.3 Å². The first kappa shape index (κ1) is 13.2. The SMILES string of the molecule is COC(=O)C1=C(C(=O)OC)B(O)c2ccccc2N1. The van der Waals surface area contributed by atoms with E-state index in [1.165, 1.54) is 14.2 Å². The third-order valence-electron chi connectivity index (χ3n) is 2.85. The second-order valence-electron chi connectivity index (χ2n) is 3.89. The van der Waals surface area contributed by atoms with Crippen molar-refractivity contribution >= 4 is 30.0 Å². The van der Waals surface area contributed by atoms with Crippen molar-refractivity contribution in [1.29, 1.82) is 0 Å². The minimum Gasteiger partial charge on any atom is -0.466 e. The lowest BCUT2D eigenvalue weighted by atomic mass is 9.52. The summed E-state index contributed by atoms with van der Waals surface area (Å²) in [6.45, 7) is -1.24. The first-order valence-corrected chi connectivity index (χ1v) is 5.55. The molecule has 0 saturated heterocycles. The van der Waals surface area contributed by atoms with Crippen LogP contribution >= 0.6 is 0 Å². The number of methoxy groups -OCH3 is 2. The van der Waals surface area contributed by atoms with Crippen LogP contribution in [0.3, 0.4) is 0 Å². The van der Waals surface area contributed by atoms with Gasteiger partial charge in [-0.3, -0.25) is 0 Å². The van der Waals surface area contributed by atoms with Crippen molar-refractivity contribution in [1.82, 2.24) is 0 Å². The Kier molecular flexibility index (Phi) is 3.57. The Bertz CT molecular complexity index is 569. The van der Waals surface area contributed by atoms with Gasteiger partial charge in [0.1, 0.15) is 5.70 Å². The van der Waals surface area contributed by atoms with Gasteiger partial charge in [-0.1, -0.05) is 18.2 Å². The molecule has 0 bridgehead atoms. The fraction of sp³-hybridized carbons (Fsp3) is 0.167. The number of para-hydroxylation sites is 1. The van der Waals surface area contributed by atoms with Crippen LogP contribution in [-0.2, 0) is 19.1 Å². The molecule has 0 amide bonds. The number of hydrogen-bond donors (Lipinski definition) is 2. The molecule has 0 aromatic heterocycles. The summed E-state index contributed by atoms with van der Waals surface area (Å²) in [5.41, 5.74) is 0.771. The molecule has 1 aromatic carbocycles. The van der Waals surface area contributed by atoms with Gasteiger partial charge in [0.25, 0.3) is 0 Å². The third kappa shape index (κ3) is 2.20. The van der Waals surface area contributed by atoms with Crippen molar-refractivity contribution in [2.24, 2.45) is 0 Å². The molecule has 2 N–H and O–H groups in total. The van der Waals surface area contributed by atoms with Crippen LogP contribution in [0.15, 0.2) is 35.4 Å². The number of carbonyl (C=O) groups is 2. The van der Waals surface area contributed by atoms with E-state index in [4.69, 9.17) is 0 Å². The zero-order valence-corrected chi connectivity index (χ0v) is 10.5. The Morgan fingerprint density at radius 2 is 1.79 bits per heavy atom. The minimum absolute atomic E-state index is 0.111. The molecule has 0 aliphatic carbocycles. The van der Waals surface area contributed by atoms with Gasteiger partial charge in [0.2, 0.25) is 0 Å². The van der Waals surface area contributed by atoms with E-state index in [1.807, 2.05) is 0 Å². The Balaban J connectivity index is 2.57. The Labute approximate surface area is 110 Å². The number of hydrogen-bond acceptors (Lipinski definition) is 6. The van der Waals surface area contributed by atoms with Crippen LogP contribution in [0.4, 0.5) is 5.69 Å². The van der Waals surface area contributed by atoms with Crippen LogP contribution in [0.1, 0.15) is 0 Å². The molecule has 0 unspecified atom stereocenters. The van der Waals surface area contributed by atoms with E-state index >= 15 is 0 Å². The standard InChI is InChI=1S/C12H12BNO5/c1-18-11(15)9-10(12(16)19-2)14-8-6-4-3-5-7(8)13(9)17/h3-6,14,17H,1-2H3. The fourth-order valence-corrected chi connectivity index (χ4v) is 1.93. The second-order valence-corrected chi connectivity index (χ2v) is 3.89. The lowest BCUT2D eigenvalue weighted by molar-refractivity contribution is -0.138. The summed E-state index contributed by atoms with van der Waals surface area (Å²) in [7, 11) is 2.37. The molecule has 0 spiro atoms. The van der Waals surface area contributed by atoms with Gasteiger partial charge in [0.15, 0.2) is 0 Å². The molecule has 1 aliphatic rings. The van der Waals surface area contributed by atoms with Crippen molar-refractivity contribution in [2.75, 3.05) is 19.5 Å². The maximum atomic E-state index is 11.7. The smallest absolute Gasteiger partial charge is 0.371 e. The van der Waals surface area contributed by atoms with Gasteiger partial charge >= 0.3 is 18.9 Å². The molecule has 98 valence electrons. The van der Waals surface area contributed by atoms with E-state index in [0.717, 1.165) is 0 Å². The van der Waals surface area contributed by atoms with Gasteiger partial charge in [0, 0.05) is 5.69 Å². The number of nitrogens with one attached hydrogen (secondary N) is 1. The molecule has 0 atom stereocenters. The third-order valence-corrected chi connectivity index (χ3v) is 2.85. The van der Waals surface area contributed by atoms with E-state index in [0.29, 0.717) is 11.2 Å². The summed E-state index contributed by atoms with van der Waals surface area (Å²) in [6.07, 6.45) is 0. The van der Waals surface area contributed by atoms with Gasteiger partial charge in [-0.05, 0) is 11.5 Å². The first-order chi connectivity index (χ1) is 9.10. The summed E-state index contributed by atoms with van der Waals surface area (Å²) in [6, 6.07) is 6.82. The molecule has 1 heterocycles. The molecule has 1 aromatic rings. The minimum atomic E-state index is -1.24. The number of fused-ring (bicyclic) bond motifs is 1. The van der Waals surface area contributed by atoms with Gasteiger partial charge in [-0.25, -0.2) is 9.59 Å². The van der Waals surface area contributed by atoms with Gasteiger partial charge in [0.05, 0.1) is 19.7 Å². The molecule has 1 aliphatic heterocycles. The summed E-state index contributed by atoms with van der Waals surface area (Å²) < 4.78 is 9.20. The molecule has 0 radical (unpaired) electrons. The van der Waals surface area contributed by atoms with E-state index in [9.17, 15) is 14.6 Å². The van der Waals surface area contributed by atoms with Gasteiger partial charge in [-0.15, -0.1) is 0 Å². The number of benzene rings is 1. The molecular weight excluding hydrogens is 249 g/mol. The van der Waals surface area contributed by atoms with Crippen molar-refractivity contribution < 1.29 is 24.1 Å². The first-order valence-electron chi connectivity index (χ1n) is 5.55. The molecule has 7 heteroatoms. The quantitative estimate of drug-likeness (QED) is 0.548. The molecule has 6 nitrogen and oxygen atoms in total. The Morgan fingerprint density at radius 3 is 2.42 bits per heavy atom. The van der Waals surface area contributed by atoms with Gasteiger partial charge < -0.3 is 19.8 Å². The average Bonchev–Trinajstić information content (AvgIpc) is 2.45. The molecule has 19 heavy (non-hydrogen) atoms. The molecular formula is C12H12BNO5. The van der Waals surface area contributed by atoms with Crippen molar-refractivity contribution in [3.05, 3.63) is 35.4 Å². The number of carbonyl (C=O) groups excluding carboxylic acids is 2. The summed E-state index contributed by atoms with van der Waals surface area (Å²) >= 11 is 0. The number of rotatable bonds is 2. The molecule has 2 rings (SSSR count). The summed E-state index contributed by atoms with van der Waals surface area (Å²) in [5, 5.41) is 13.0. The summed E-state index contributed by atoms with van der Waals surface area (Å²) in [5.74, 6) is -1.52. The summed E-state index contributed by atoms with van der Waals surface area (Å²) in [4.78, 5) is 23.4. The van der Waals surface area contributed by atoms with E-state index in [-0.39, 0.29) is 11.2 Å². The van der Waals surface area contributed by atoms with Crippen LogP contribution in [0.25, 0.3) is 0 Å². The monoisotopic (exact) mass is 261 g/mol. The predicted molar refractivity (Wildman–Crippen MR) is 68.7 cm³/mol. The van der Waals surface area contributed by atoms with Crippen LogP contribution in [-0.4, -0.2) is 38.1 Å². The predicted octanol–water partition coefficient (Wildman–Crippen LogP) is -0.558. The van der Waals surface area contributed by atoms with Crippen molar-refractivity contribution in [3.8, 4) is 0 Å². The highest BCUT2D eigenvalue weighted by molar-refractivity contribution is 6.80. The number of ether oxygens (including phenoxy) is 2. The topological polar surface area (TPSA) is 84.9 Å². The maximum Gasteiger partial charge on any atom is 0.371 e. The number of anilines is 1. The van der Waals surface area contributed by atoms with Crippen LogP contribution in [0.2, 0.25) is 0 Å². The lowest BCUT2D eigenvalue weighted by Crippen LogP contribution is -2.44. The van der Waals surface area contributed by atoms with Crippen molar-refractivity contribution in [3.63, 3.8) is 0 Å². The highest BCUT2D eigenvalue weighted by Gasteiger charge is 2.38. The van der Waals surface area contributed by atoms with E-state index < -0.39 is 18.9 Å². The van der Waals surface area contributed by atoms with Crippen molar-refractivity contribution in [2.45, 2.75) is 0 Å². The highest BCUT2D eigenvalue weighted by Crippen LogP contribution is 2.21. The van der Waals surface area contributed by atoms with E-state index in [2.05, 4.69) is 14.8 Å². The maximum absolute atomic E-state index is 11.7. The zero-order valence-electron chi connectivity index (χ0n) is 10.5. The van der Waals surface area contributed by atoms with Crippen LogP contribution in [0.5, 0.6) is 0 Å². The fourth-order valence-electron chi connectivity index (χ4n) is 1.93. The highest BCUT2D eigenvalue weighted by atomic mass is 16.5. The number of esters is 2. The van der Waals surface area contributed by atoms with Crippen LogP contribution in [0, 0.1) is 0 Å². The average molecular weight is 261 g/mol. The largest absolute Gasteiger partial charge is 0.466 e. The molecule has 0 saturated carbocycles. The Morgan fingerprint density at radius 1 is 1.16 bits per heavy atom. The normalized spacial score (nSPS) is 13.5. The zero-order chi connectivity index (χ0) is 14.0. The molecule has 0 fully saturated rings. The van der Waals surface area contributed by atoms with Crippen LogP contribution < -0.4 is 10.8 Å². The van der Waals surface area contributed by atoms with Gasteiger partial charge in [-0.2, -0.15) is 0 Å². The lowest BCUT2D eigenvalue weighted by Gasteiger charge is -2.24. The second kappa shape index (κ2) is 5.15. The Hall–Kier alpha value is -2.28.